The van der Waals surface area contributed by atoms with Crippen LogP contribution in [0.25, 0.3) is 5.57 Å². The van der Waals surface area contributed by atoms with Gasteiger partial charge in [-0.2, -0.15) is 0 Å². The number of benzene rings is 2. The van der Waals surface area contributed by atoms with Crippen LogP contribution in [-0.2, 0) is 6.42 Å². The zero-order valence-electron chi connectivity index (χ0n) is 17.3. The van der Waals surface area contributed by atoms with Crippen molar-refractivity contribution in [3.05, 3.63) is 112 Å². The third kappa shape index (κ3) is 4.20. The van der Waals surface area contributed by atoms with Crippen molar-refractivity contribution in [3.8, 4) is 0 Å². The van der Waals surface area contributed by atoms with Gasteiger partial charge in [0.05, 0.1) is 9.52 Å². The lowest BCUT2D eigenvalue weighted by molar-refractivity contribution is 0.753. The van der Waals surface area contributed by atoms with Crippen LogP contribution in [0.15, 0.2) is 89.7 Å². The van der Waals surface area contributed by atoms with E-state index in [0.717, 1.165) is 12.8 Å². The highest BCUT2D eigenvalue weighted by Gasteiger charge is 2.28. The Morgan fingerprint density at radius 1 is 0.964 bits per heavy atom. The van der Waals surface area contributed by atoms with Crippen LogP contribution in [-0.4, -0.2) is 9.52 Å². The highest BCUT2D eigenvalue weighted by Crippen LogP contribution is 2.42. The molecule has 2 aliphatic rings. The summed E-state index contributed by atoms with van der Waals surface area (Å²) in [5.41, 5.74) is 8.62. The van der Waals surface area contributed by atoms with E-state index in [9.17, 15) is 0 Å². The second-order valence-corrected chi connectivity index (χ2v) is 11.6. The average molecular weight is 383 g/mol. The quantitative estimate of drug-likeness (QED) is 0.521. The molecule has 2 aromatic rings. The first kappa shape index (κ1) is 19.0. The van der Waals surface area contributed by atoms with Gasteiger partial charge >= 0.3 is 0 Å². The first-order valence-corrected chi connectivity index (χ1v) is 11.8. The van der Waals surface area contributed by atoms with Crippen molar-refractivity contribution in [1.29, 1.82) is 0 Å². The third-order valence-corrected chi connectivity index (χ3v) is 8.48. The Morgan fingerprint density at radius 3 is 2.39 bits per heavy atom. The second kappa shape index (κ2) is 7.93. The van der Waals surface area contributed by atoms with Crippen molar-refractivity contribution in [2.45, 2.75) is 45.1 Å². The van der Waals surface area contributed by atoms with Crippen molar-refractivity contribution in [2.24, 2.45) is 0 Å². The topological polar surface area (TPSA) is 0 Å². The fraction of sp³-hybridized carbons (Fsp3) is 0.259. The van der Waals surface area contributed by atoms with Gasteiger partial charge in [0, 0.05) is 0 Å². The van der Waals surface area contributed by atoms with E-state index in [1.54, 1.807) is 10.8 Å². The molecule has 1 unspecified atom stereocenters. The largest absolute Gasteiger partial charge is 0.0840 e. The third-order valence-electron chi connectivity index (χ3n) is 6.01. The Balaban J connectivity index is 1.72. The molecule has 142 valence electrons. The van der Waals surface area contributed by atoms with Gasteiger partial charge in [-0.25, -0.2) is 0 Å². The molecule has 4 rings (SSSR count). The monoisotopic (exact) mass is 382 g/mol. The molecule has 0 fully saturated rings. The van der Waals surface area contributed by atoms with E-state index in [1.807, 2.05) is 0 Å². The standard InChI is InChI=1S/C27H30Si/c1-20-16-21(2)18-23(17-20)24-12-13-26(28-27(3)14-8-5-9-15-27)25(24)19-22-10-6-4-7-11-22/h4-12,14,16-18H,13,15,19,28H2,1-3H3. The van der Waals surface area contributed by atoms with Gasteiger partial charge in [0.15, 0.2) is 0 Å². The normalized spacial score (nSPS) is 21.8. The Bertz CT molecular complexity index is 968. The van der Waals surface area contributed by atoms with Crippen molar-refractivity contribution >= 4 is 15.1 Å². The van der Waals surface area contributed by atoms with Gasteiger partial charge in [-0.3, -0.25) is 0 Å². The predicted molar refractivity (Wildman–Crippen MR) is 125 cm³/mol. The summed E-state index contributed by atoms with van der Waals surface area (Å²) >= 11 is 0. The fourth-order valence-electron chi connectivity index (χ4n) is 4.67. The second-order valence-electron chi connectivity index (χ2n) is 8.76. The van der Waals surface area contributed by atoms with Gasteiger partial charge in [0.2, 0.25) is 0 Å². The summed E-state index contributed by atoms with van der Waals surface area (Å²) in [6.45, 7) is 6.88. The van der Waals surface area contributed by atoms with Gasteiger partial charge in [-0.15, -0.1) is 0 Å². The molecule has 0 N–H and O–H groups in total. The molecule has 0 bridgehead atoms. The summed E-state index contributed by atoms with van der Waals surface area (Å²) < 4.78 is 0. The smallest absolute Gasteiger partial charge is 0.0612 e. The molecule has 0 heterocycles. The lowest BCUT2D eigenvalue weighted by Gasteiger charge is -2.27. The molecule has 0 spiro atoms. The molecule has 0 amide bonds. The Morgan fingerprint density at radius 2 is 1.71 bits per heavy atom. The van der Waals surface area contributed by atoms with E-state index in [-0.39, 0.29) is 9.52 Å². The molecule has 0 radical (unpaired) electrons. The van der Waals surface area contributed by atoms with Crippen molar-refractivity contribution in [2.75, 3.05) is 0 Å². The maximum Gasteiger partial charge on any atom is 0.0612 e. The Kier molecular flexibility index (Phi) is 5.37. The highest BCUT2D eigenvalue weighted by atomic mass is 28.2. The van der Waals surface area contributed by atoms with Gasteiger partial charge in [0.1, 0.15) is 0 Å². The molecule has 0 saturated carbocycles. The molecule has 0 nitrogen and oxygen atoms in total. The average Bonchev–Trinajstić information content (AvgIpc) is 3.04. The van der Waals surface area contributed by atoms with Crippen molar-refractivity contribution in [3.63, 3.8) is 0 Å². The first-order valence-electron chi connectivity index (χ1n) is 10.4. The molecule has 0 aromatic heterocycles. The molecule has 0 aliphatic heterocycles. The molecule has 2 aliphatic carbocycles. The number of aryl methyl sites for hydroxylation is 2. The van der Waals surface area contributed by atoms with Crippen LogP contribution in [0, 0.1) is 13.8 Å². The minimum Gasteiger partial charge on any atom is -0.0840 e. The zero-order valence-corrected chi connectivity index (χ0v) is 18.7. The van der Waals surface area contributed by atoms with Gasteiger partial charge in [-0.1, -0.05) is 102 Å². The van der Waals surface area contributed by atoms with Crippen molar-refractivity contribution in [1.82, 2.24) is 0 Å². The van der Waals surface area contributed by atoms with Crippen molar-refractivity contribution < 1.29 is 0 Å². The van der Waals surface area contributed by atoms with E-state index in [4.69, 9.17) is 0 Å². The molecule has 1 heteroatoms. The van der Waals surface area contributed by atoms with E-state index in [2.05, 4.69) is 99.7 Å². The minimum atomic E-state index is -0.384. The van der Waals surface area contributed by atoms with Crippen LogP contribution in [0.2, 0.25) is 5.04 Å². The SMILES string of the molecule is Cc1cc(C)cc(C2=CCC([SiH2]C3(C)C=CC=CC3)=C2Cc2ccccc2)c1. The lowest BCUT2D eigenvalue weighted by Crippen LogP contribution is -2.18. The maximum atomic E-state index is 2.50. The molecule has 28 heavy (non-hydrogen) atoms. The van der Waals surface area contributed by atoms with Crippen LogP contribution in [0.5, 0.6) is 0 Å². The molecule has 2 aromatic carbocycles. The molecule has 0 saturated heterocycles. The van der Waals surface area contributed by atoms with Crippen LogP contribution in [0.1, 0.15) is 42.0 Å². The van der Waals surface area contributed by atoms with Gasteiger partial charge in [0.25, 0.3) is 0 Å². The maximum absolute atomic E-state index is 2.50. The summed E-state index contributed by atoms with van der Waals surface area (Å²) in [5, 5.41) is 2.12. The van der Waals surface area contributed by atoms with Gasteiger partial charge < -0.3 is 0 Å². The molecule has 1 atom stereocenters. The van der Waals surface area contributed by atoms with E-state index < -0.39 is 0 Å². The molecular weight excluding hydrogens is 352 g/mol. The Hall–Kier alpha value is -2.38. The van der Waals surface area contributed by atoms with Crippen LogP contribution >= 0.6 is 0 Å². The number of rotatable bonds is 5. The summed E-state index contributed by atoms with van der Waals surface area (Å²) in [6, 6.07) is 18.0. The van der Waals surface area contributed by atoms with Crippen LogP contribution < -0.4 is 0 Å². The van der Waals surface area contributed by atoms with E-state index in [0.29, 0.717) is 5.04 Å². The lowest BCUT2D eigenvalue weighted by atomic mass is 9.93. The summed E-state index contributed by atoms with van der Waals surface area (Å²) in [7, 11) is -0.384. The minimum absolute atomic E-state index is 0.373. The summed E-state index contributed by atoms with van der Waals surface area (Å²) in [6.07, 6.45) is 15.1. The number of allylic oxidation sites excluding steroid dienone is 8. The summed E-state index contributed by atoms with van der Waals surface area (Å²) in [4.78, 5) is 0. The van der Waals surface area contributed by atoms with E-state index in [1.165, 1.54) is 34.2 Å². The van der Waals surface area contributed by atoms with Gasteiger partial charge in [-0.05, 0) is 60.4 Å². The predicted octanol–water partition coefficient (Wildman–Crippen LogP) is 6.45. The zero-order chi connectivity index (χ0) is 19.6. The summed E-state index contributed by atoms with van der Waals surface area (Å²) in [5.74, 6) is 0. The van der Waals surface area contributed by atoms with Crippen LogP contribution in [0.3, 0.4) is 0 Å². The first-order chi connectivity index (χ1) is 13.5. The number of hydrogen-bond donors (Lipinski definition) is 0. The van der Waals surface area contributed by atoms with E-state index >= 15 is 0 Å². The Labute approximate surface area is 172 Å². The molecular formula is C27H30Si. The number of hydrogen-bond acceptors (Lipinski definition) is 0. The fourth-order valence-corrected chi connectivity index (χ4v) is 7.03. The van der Waals surface area contributed by atoms with Crippen LogP contribution in [0.4, 0.5) is 0 Å². The highest BCUT2D eigenvalue weighted by molar-refractivity contribution is 6.51.